The quantitative estimate of drug-likeness (QED) is 0.230. The van der Waals surface area contributed by atoms with Crippen LogP contribution in [-0.2, 0) is 18.3 Å². The molecule has 0 N–H and O–H groups in total. The first-order valence-corrected chi connectivity index (χ1v) is 14.2. The van der Waals surface area contributed by atoms with Gasteiger partial charge in [-0.1, -0.05) is 38.1 Å². The Morgan fingerprint density at radius 2 is 1.58 bits per heavy atom. The van der Waals surface area contributed by atoms with Gasteiger partial charge in [0.15, 0.2) is 0 Å². The number of hydrogen-bond donors (Lipinski definition) is 0. The summed E-state index contributed by atoms with van der Waals surface area (Å²) in [7, 11) is 4.15. The van der Waals surface area contributed by atoms with E-state index in [4.69, 9.17) is 14.2 Å². The number of carbonyl (C=O) groups is 1. The highest BCUT2D eigenvalue weighted by Gasteiger charge is 2.24. The van der Waals surface area contributed by atoms with Gasteiger partial charge in [0.05, 0.1) is 32.0 Å². The molecule has 45 heavy (non-hydrogen) atoms. The number of fused-ring (bicyclic) bond motifs is 1. The van der Waals surface area contributed by atoms with E-state index in [0.717, 1.165) is 19.8 Å². The third-order valence-corrected chi connectivity index (χ3v) is 7.22. The smallest absolute Gasteiger partial charge is 0.338 e. The van der Waals surface area contributed by atoms with Crippen LogP contribution in [0.5, 0.6) is 17.2 Å². The zero-order valence-electron chi connectivity index (χ0n) is 26.1. The number of rotatable bonds is 7. The van der Waals surface area contributed by atoms with Gasteiger partial charge in [-0.15, -0.1) is 0 Å². The summed E-state index contributed by atoms with van der Waals surface area (Å²) < 4.78 is 34.7. The fraction of sp³-hybridized carbons (Fsp3) is 0.235. The first-order chi connectivity index (χ1) is 21.5. The van der Waals surface area contributed by atoms with Crippen molar-refractivity contribution in [3.8, 4) is 22.9 Å². The van der Waals surface area contributed by atoms with Crippen LogP contribution in [0.2, 0.25) is 0 Å². The third kappa shape index (κ3) is 6.14. The van der Waals surface area contributed by atoms with Crippen LogP contribution >= 0.6 is 0 Å². The molecule has 2 aromatic heterocycles. The fourth-order valence-corrected chi connectivity index (χ4v) is 4.88. The van der Waals surface area contributed by atoms with Gasteiger partial charge in [0.25, 0.3) is 11.1 Å². The first-order valence-electron chi connectivity index (χ1n) is 14.2. The van der Waals surface area contributed by atoms with Gasteiger partial charge in [-0.3, -0.25) is 18.7 Å². The molecule has 0 aliphatic carbocycles. The van der Waals surface area contributed by atoms with Crippen molar-refractivity contribution >= 4 is 17.0 Å². The number of halogens is 1. The van der Waals surface area contributed by atoms with Crippen molar-refractivity contribution in [2.75, 3.05) is 14.2 Å². The van der Waals surface area contributed by atoms with Gasteiger partial charge >= 0.3 is 11.7 Å². The molecule has 0 bridgehead atoms. The highest BCUT2D eigenvalue weighted by molar-refractivity contribution is 5.92. The van der Waals surface area contributed by atoms with Gasteiger partial charge in [0.2, 0.25) is 0 Å². The number of methoxy groups -OCH3 is 2. The zero-order chi connectivity index (χ0) is 33.0. The summed E-state index contributed by atoms with van der Waals surface area (Å²) in [6.07, 6.45) is 0. The molecule has 0 unspecified atom stereocenters. The maximum absolute atomic E-state index is 15.4. The van der Waals surface area contributed by atoms with E-state index in [2.05, 4.69) is 0 Å². The van der Waals surface area contributed by atoms with Crippen LogP contribution in [0.25, 0.3) is 16.7 Å². The molecule has 0 saturated carbocycles. The number of ether oxygens (including phenoxy) is 3. The number of pyridine rings is 1. The molecular formula is C34H34FN3O7. The van der Waals surface area contributed by atoms with Gasteiger partial charge < -0.3 is 14.2 Å². The van der Waals surface area contributed by atoms with E-state index >= 15 is 4.39 Å². The lowest BCUT2D eigenvalue weighted by Crippen LogP contribution is -2.42. The Balaban J connectivity index is 0.00000226. The van der Waals surface area contributed by atoms with Crippen LogP contribution in [0.15, 0.2) is 81.1 Å². The Labute approximate surface area is 258 Å². The molecule has 3 aromatic carbocycles. The Kier molecular flexibility index (Phi) is 9.71. The van der Waals surface area contributed by atoms with E-state index in [9.17, 15) is 19.2 Å². The van der Waals surface area contributed by atoms with Crippen LogP contribution in [0, 0.1) is 19.7 Å². The number of benzene rings is 3. The lowest BCUT2D eigenvalue weighted by atomic mass is 10.1. The Morgan fingerprint density at radius 1 is 0.889 bits per heavy atom. The summed E-state index contributed by atoms with van der Waals surface area (Å²) in [5, 5.41) is -0.141. The fourth-order valence-electron chi connectivity index (χ4n) is 4.88. The van der Waals surface area contributed by atoms with E-state index in [1.165, 1.54) is 33.4 Å². The molecule has 11 heteroatoms. The van der Waals surface area contributed by atoms with Crippen LogP contribution in [0.4, 0.5) is 4.39 Å². The Hall–Kier alpha value is -5.45. The highest BCUT2D eigenvalue weighted by atomic mass is 19.1. The SMILES string of the molecule is CC.COC(=O)c1cccc(Oc2cc(=O)n(C)c3c2c(=O)n(Cc2ccc(OC)cc2)c(=O)n3-c2ccc(C)cc2F)c1C. The molecular weight excluding hydrogens is 581 g/mol. The molecule has 2 heterocycles. The summed E-state index contributed by atoms with van der Waals surface area (Å²) in [5.41, 5.74) is -0.694. The molecule has 0 atom stereocenters. The Morgan fingerprint density at radius 3 is 2.20 bits per heavy atom. The lowest BCUT2D eigenvalue weighted by Gasteiger charge is -2.19. The normalized spacial score (nSPS) is 10.7. The number of carbonyl (C=O) groups excluding carboxylic acids is 1. The standard InChI is InChI=1S/C32H28FN3O7.C2H6/c1-18-9-14-24(23(33)15-18)36-29-28(30(38)35(32(36)40)17-20-10-12-21(41-4)13-11-20)26(16-27(37)34(29)3)43-25-8-6-7-22(19(25)2)31(39)42-5;1-2/h6-16H,17H2,1-5H3;1-2H3. The zero-order valence-corrected chi connectivity index (χ0v) is 26.1. The van der Waals surface area contributed by atoms with Crippen molar-refractivity contribution in [2.24, 2.45) is 7.05 Å². The summed E-state index contributed by atoms with van der Waals surface area (Å²) in [4.78, 5) is 53.7. The van der Waals surface area contributed by atoms with Gasteiger partial charge in [-0.2, -0.15) is 0 Å². The molecule has 0 aliphatic rings. The van der Waals surface area contributed by atoms with E-state index in [1.807, 2.05) is 13.8 Å². The molecule has 5 aromatic rings. The summed E-state index contributed by atoms with van der Waals surface area (Å²) in [6, 6.07) is 16.9. The van der Waals surface area contributed by atoms with Crippen LogP contribution in [0.1, 0.15) is 40.9 Å². The minimum absolute atomic E-state index is 0.141. The summed E-state index contributed by atoms with van der Waals surface area (Å²) in [6.45, 7) is 7.17. The molecule has 234 valence electrons. The maximum atomic E-state index is 15.4. The average Bonchev–Trinajstić information content (AvgIpc) is 3.04. The molecule has 0 aliphatic heterocycles. The third-order valence-electron chi connectivity index (χ3n) is 7.22. The van der Waals surface area contributed by atoms with Crippen molar-refractivity contribution in [1.29, 1.82) is 0 Å². The van der Waals surface area contributed by atoms with Crippen molar-refractivity contribution in [2.45, 2.75) is 34.2 Å². The van der Waals surface area contributed by atoms with Crippen LogP contribution in [-0.4, -0.2) is 33.9 Å². The second-order valence-corrected chi connectivity index (χ2v) is 9.94. The predicted molar refractivity (Wildman–Crippen MR) is 170 cm³/mol. The summed E-state index contributed by atoms with van der Waals surface area (Å²) in [5.74, 6) is -0.722. The predicted octanol–water partition coefficient (Wildman–Crippen LogP) is 5.27. The molecule has 0 spiro atoms. The molecule has 0 amide bonds. The maximum Gasteiger partial charge on any atom is 0.338 e. The van der Waals surface area contributed by atoms with Gasteiger partial charge in [-0.25, -0.2) is 18.5 Å². The van der Waals surface area contributed by atoms with Crippen molar-refractivity contribution in [3.63, 3.8) is 0 Å². The summed E-state index contributed by atoms with van der Waals surface area (Å²) >= 11 is 0. The second-order valence-electron chi connectivity index (χ2n) is 9.94. The minimum atomic E-state index is -0.855. The number of esters is 1. The molecule has 10 nitrogen and oxygen atoms in total. The van der Waals surface area contributed by atoms with Crippen molar-refractivity contribution in [3.05, 3.63) is 126 Å². The van der Waals surface area contributed by atoms with Gasteiger partial charge in [0, 0.05) is 18.7 Å². The minimum Gasteiger partial charge on any atom is -0.497 e. The number of hydrogen-bond acceptors (Lipinski definition) is 7. The van der Waals surface area contributed by atoms with Crippen molar-refractivity contribution < 1.29 is 23.4 Å². The van der Waals surface area contributed by atoms with Gasteiger partial charge in [-0.05, 0) is 61.4 Å². The molecule has 0 saturated heterocycles. The molecule has 0 fully saturated rings. The Bertz CT molecular complexity index is 2080. The highest BCUT2D eigenvalue weighted by Crippen LogP contribution is 2.31. The second kappa shape index (κ2) is 13.5. The van der Waals surface area contributed by atoms with Crippen LogP contribution < -0.4 is 26.3 Å². The number of nitrogens with zero attached hydrogens (tertiary/aromatic N) is 3. The van der Waals surface area contributed by atoms with E-state index in [1.54, 1.807) is 62.4 Å². The van der Waals surface area contributed by atoms with Crippen LogP contribution in [0.3, 0.4) is 0 Å². The van der Waals surface area contributed by atoms with Crippen molar-refractivity contribution in [1.82, 2.24) is 13.7 Å². The molecule has 0 radical (unpaired) electrons. The van der Waals surface area contributed by atoms with E-state index in [-0.39, 0.29) is 40.3 Å². The van der Waals surface area contributed by atoms with E-state index in [0.29, 0.717) is 22.4 Å². The van der Waals surface area contributed by atoms with E-state index < -0.39 is 28.6 Å². The first kappa shape index (κ1) is 32.5. The average molecular weight is 616 g/mol. The number of aromatic nitrogens is 3. The number of aryl methyl sites for hydroxylation is 2. The largest absolute Gasteiger partial charge is 0.497 e. The lowest BCUT2D eigenvalue weighted by molar-refractivity contribution is 0.0599. The van der Waals surface area contributed by atoms with Gasteiger partial charge in [0.1, 0.15) is 34.1 Å². The topological polar surface area (TPSA) is 111 Å². The molecule has 5 rings (SSSR count). The monoisotopic (exact) mass is 615 g/mol.